The van der Waals surface area contributed by atoms with Gasteiger partial charge in [0.1, 0.15) is 0 Å². The molecule has 11 nitrogen and oxygen atoms in total. The third kappa shape index (κ3) is 5.85. The van der Waals surface area contributed by atoms with Gasteiger partial charge in [-0.2, -0.15) is 5.10 Å². The average Bonchev–Trinajstić information content (AvgIpc) is 2.82. The molecule has 1 aromatic heterocycles. The van der Waals surface area contributed by atoms with E-state index in [0.717, 1.165) is 5.56 Å². The summed E-state index contributed by atoms with van der Waals surface area (Å²) in [6.45, 7) is 1.31. The highest BCUT2D eigenvalue weighted by molar-refractivity contribution is 5.95. The number of benzene rings is 1. The lowest BCUT2D eigenvalue weighted by molar-refractivity contribution is -0.136. The number of allylic oxidation sites excluding steroid dienone is 1. The van der Waals surface area contributed by atoms with Gasteiger partial charge in [-0.1, -0.05) is 6.07 Å². The Bertz CT molecular complexity index is 1100. The van der Waals surface area contributed by atoms with E-state index in [9.17, 15) is 14.4 Å². The van der Waals surface area contributed by atoms with E-state index in [4.69, 9.17) is 14.2 Å². The van der Waals surface area contributed by atoms with E-state index in [0.29, 0.717) is 22.8 Å². The zero-order valence-corrected chi connectivity index (χ0v) is 18.2. The van der Waals surface area contributed by atoms with E-state index in [2.05, 4.69) is 26.1 Å². The zero-order chi connectivity index (χ0) is 23.8. The molecule has 3 N–H and O–H groups in total. The molecule has 3 rings (SSSR count). The highest BCUT2D eigenvalue weighted by Crippen LogP contribution is 2.34. The molecule has 1 aliphatic heterocycles. The first-order chi connectivity index (χ1) is 15.9. The average molecular weight is 453 g/mol. The lowest BCUT2D eigenvalue weighted by Crippen LogP contribution is -2.45. The number of hydrogen-bond acceptors (Lipinski definition) is 8. The SMILES string of the molecule is COC(=O)C1=C(C)NC(=O)N[C@@H]1c1ccc(OCC(=O)N/N=C\c2ccncc2)c(OC)c1. The molecule has 0 saturated heterocycles. The van der Waals surface area contributed by atoms with Crippen LogP contribution in [0.25, 0.3) is 0 Å². The first-order valence-corrected chi connectivity index (χ1v) is 9.82. The first-order valence-electron chi connectivity index (χ1n) is 9.82. The Hall–Kier alpha value is -4.41. The number of ether oxygens (including phenoxy) is 3. The molecule has 33 heavy (non-hydrogen) atoms. The van der Waals surface area contributed by atoms with E-state index in [1.807, 2.05) is 0 Å². The number of urea groups is 1. The smallest absolute Gasteiger partial charge is 0.337 e. The van der Waals surface area contributed by atoms with Gasteiger partial charge in [0.2, 0.25) is 0 Å². The number of nitrogens with one attached hydrogen (secondary N) is 3. The molecular weight excluding hydrogens is 430 g/mol. The third-order valence-electron chi connectivity index (χ3n) is 4.66. The molecule has 1 atom stereocenters. The monoisotopic (exact) mass is 453 g/mol. The molecule has 2 heterocycles. The number of pyridine rings is 1. The first kappa shape index (κ1) is 23.3. The summed E-state index contributed by atoms with van der Waals surface area (Å²) in [6.07, 6.45) is 4.71. The predicted octanol–water partition coefficient (Wildman–Crippen LogP) is 1.42. The van der Waals surface area contributed by atoms with Crippen LogP contribution < -0.4 is 25.5 Å². The zero-order valence-electron chi connectivity index (χ0n) is 18.2. The van der Waals surface area contributed by atoms with Gasteiger partial charge in [-0.15, -0.1) is 0 Å². The fourth-order valence-electron chi connectivity index (χ4n) is 3.11. The van der Waals surface area contributed by atoms with Crippen molar-refractivity contribution in [2.24, 2.45) is 5.10 Å². The summed E-state index contributed by atoms with van der Waals surface area (Å²) in [5.41, 5.74) is 4.37. The molecular formula is C22H23N5O6. The molecule has 0 spiro atoms. The molecule has 3 amide bonds. The van der Waals surface area contributed by atoms with Gasteiger partial charge < -0.3 is 24.8 Å². The van der Waals surface area contributed by atoms with Crippen LogP contribution in [0.4, 0.5) is 4.79 Å². The van der Waals surface area contributed by atoms with Crippen molar-refractivity contribution in [3.63, 3.8) is 0 Å². The van der Waals surface area contributed by atoms with E-state index >= 15 is 0 Å². The fraction of sp³-hybridized carbons (Fsp3) is 0.227. The van der Waals surface area contributed by atoms with Crippen molar-refractivity contribution in [2.45, 2.75) is 13.0 Å². The number of carbonyl (C=O) groups excluding carboxylic acids is 3. The van der Waals surface area contributed by atoms with Crippen molar-refractivity contribution >= 4 is 24.1 Å². The Kier molecular flexibility index (Phi) is 7.58. The van der Waals surface area contributed by atoms with E-state index in [1.54, 1.807) is 49.6 Å². The number of aromatic nitrogens is 1. The molecule has 0 radical (unpaired) electrons. The Morgan fingerprint density at radius 3 is 2.64 bits per heavy atom. The lowest BCUT2D eigenvalue weighted by atomic mass is 9.95. The van der Waals surface area contributed by atoms with Crippen LogP contribution in [0.15, 0.2) is 59.1 Å². The number of nitrogens with zero attached hydrogens (tertiary/aromatic N) is 2. The third-order valence-corrected chi connectivity index (χ3v) is 4.66. The molecule has 1 aliphatic rings. The van der Waals surface area contributed by atoms with Crippen LogP contribution in [0.3, 0.4) is 0 Å². The number of hydrazone groups is 1. The Labute approximate surface area is 189 Å². The summed E-state index contributed by atoms with van der Waals surface area (Å²) < 4.78 is 15.8. The largest absolute Gasteiger partial charge is 0.493 e. The van der Waals surface area contributed by atoms with Crippen LogP contribution in [-0.2, 0) is 14.3 Å². The normalized spacial score (nSPS) is 15.5. The standard InChI is InChI=1S/C22H23N5O6/c1-13-19(21(29)32-3)20(26-22(30)25-13)15-4-5-16(17(10-15)31-2)33-12-18(28)27-24-11-14-6-8-23-9-7-14/h4-11,20H,12H2,1-3H3,(H,27,28)(H2,25,26,30)/b24-11-/t20-/m1/s1. The van der Waals surface area contributed by atoms with E-state index in [-0.39, 0.29) is 12.2 Å². The molecule has 1 aromatic carbocycles. The Morgan fingerprint density at radius 1 is 1.18 bits per heavy atom. The maximum atomic E-state index is 12.3. The highest BCUT2D eigenvalue weighted by Gasteiger charge is 2.32. The summed E-state index contributed by atoms with van der Waals surface area (Å²) in [5.74, 6) is -0.429. The summed E-state index contributed by atoms with van der Waals surface area (Å²) in [4.78, 5) is 40.2. The number of methoxy groups -OCH3 is 2. The number of amides is 3. The van der Waals surface area contributed by atoms with Gasteiger partial charge >= 0.3 is 12.0 Å². The van der Waals surface area contributed by atoms with Gasteiger partial charge in [0.25, 0.3) is 5.91 Å². The summed E-state index contributed by atoms with van der Waals surface area (Å²) in [6, 6.07) is 7.14. The fourth-order valence-corrected chi connectivity index (χ4v) is 3.11. The van der Waals surface area contributed by atoms with Gasteiger partial charge in [0.15, 0.2) is 18.1 Å². The number of hydrogen-bond donors (Lipinski definition) is 3. The highest BCUT2D eigenvalue weighted by atomic mass is 16.5. The molecule has 0 aliphatic carbocycles. The molecule has 172 valence electrons. The van der Waals surface area contributed by atoms with Crippen LogP contribution in [0.2, 0.25) is 0 Å². The summed E-state index contributed by atoms with van der Waals surface area (Å²) in [7, 11) is 2.70. The molecule has 0 fully saturated rings. The van der Waals surface area contributed by atoms with Crippen molar-refractivity contribution < 1.29 is 28.6 Å². The predicted molar refractivity (Wildman–Crippen MR) is 118 cm³/mol. The maximum Gasteiger partial charge on any atom is 0.337 e. The van der Waals surface area contributed by atoms with Crippen molar-refractivity contribution in [3.05, 3.63) is 65.1 Å². The van der Waals surface area contributed by atoms with Crippen molar-refractivity contribution in [1.82, 2.24) is 21.0 Å². The molecule has 2 aromatic rings. The minimum atomic E-state index is -0.750. The lowest BCUT2D eigenvalue weighted by Gasteiger charge is -2.28. The number of esters is 1. The van der Waals surface area contributed by atoms with Crippen LogP contribution >= 0.6 is 0 Å². The Balaban J connectivity index is 1.70. The minimum absolute atomic E-state index is 0.263. The van der Waals surface area contributed by atoms with Crippen LogP contribution in [0.1, 0.15) is 24.1 Å². The van der Waals surface area contributed by atoms with Gasteiger partial charge in [-0.3, -0.25) is 9.78 Å². The Morgan fingerprint density at radius 2 is 1.94 bits per heavy atom. The maximum absolute atomic E-state index is 12.3. The second-order valence-corrected chi connectivity index (χ2v) is 6.83. The number of rotatable bonds is 8. The van der Waals surface area contributed by atoms with Gasteiger partial charge in [-0.25, -0.2) is 15.0 Å². The second-order valence-electron chi connectivity index (χ2n) is 6.83. The molecule has 0 bridgehead atoms. The summed E-state index contributed by atoms with van der Waals surface area (Å²) in [5, 5.41) is 9.12. The van der Waals surface area contributed by atoms with Crippen molar-refractivity contribution in [3.8, 4) is 11.5 Å². The second kappa shape index (κ2) is 10.8. The topological polar surface area (TPSA) is 140 Å². The quantitative estimate of drug-likeness (QED) is 0.312. The molecule has 0 saturated carbocycles. The van der Waals surface area contributed by atoms with Crippen LogP contribution in [0.5, 0.6) is 11.5 Å². The van der Waals surface area contributed by atoms with Crippen LogP contribution in [-0.4, -0.2) is 49.9 Å². The van der Waals surface area contributed by atoms with Crippen molar-refractivity contribution in [1.29, 1.82) is 0 Å². The van der Waals surface area contributed by atoms with Gasteiger partial charge in [0.05, 0.1) is 32.0 Å². The van der Waals surface area contributed by atoms with E-state index < -0.39 is 23.9 Å². The molecule has 11 heteroatoms. The minimum Gasteiger partial charge on any atom is -0.493 e. The van der Waals surface area contributed by atoms with Gasteiger partial charge in [0, 0.05) is 18.1 Å². The van der Waals surface area contributed by atoms with Gasteiger partial charge in [-0.05, 0) is 42.3 Å². The molecule has 0 unspecified atom stereocenters. The summed E-state index contributed by atoms with van der Waals surface area (Å²) >= 11 is 0. The van der Waals surface area contributed by atoms with Crippen molar-refractivity contribution in [2.75, 3.05) is 20.8 Å². The van der Waals surface area contributed by atoms with E-state index in [1.165, 1.54) is 20.4 Å². The van der Waals surface area contributed by atoms with Crippen LogP contribution in [0, 0.1) is 0 Å². The number of carbonyl (C=O) groups is 3.